The van der Waals surface area contributed by atoms with E-state index in [1.54, 1.807) is 12.1 Å². The molecule has 1 atom stereocenters. The molecule has 0 amide bonds. The van der Waals surface area contributed by atoms with Gasteiger partial charge in [-0.2, -0.15) is 0 Å². The third-order valence-corrected chi connectivity index (χ3v) is 2.92. The van der Waals surface area contributed by atoms with Crippen LogP contribution < -0.4 is 5.73 Å². The van der Waals surface area contributed by atoms with Crippen LogP contribution in [-0.4, -0.2) is 0 Å². The van der Waals surface area contributed by atoms with Gasteiger partial charge < -0.3 is 5.73 Å². The molecule has 1 nitrogen and oxygen atoms in total. The van der Waals surface area contributed by atoms with E-state index in [0.29, 0.717) is 5.56 Å². The van der Waals surface area contributed by atoms with E-state index in [9.17, 15) is 4.39 Å². The van der Waals surface area contributed by atoms with E-state index < -0.39 is 6.04 Å². The molecule has 2 N–H and O–H groups in total. The van der Waals surface area contributed by atoms with E-state index in [0.717, 1.165) is 11.1 Å². The predicted octanol–water partition coefficient (Wildman–Crippen LogP) is 3.49. The number of rotatable bonds is 2. The van der Waals surface area contributed by atoms with E-state index in [1.165, 1.54) is 11.6 Å². The minimum absolute atomic E-state index is 0.247. The van der Waals surface area contributed by atoms with Crippen LogP contribution in [0, 0.1) is 19.7 Å². The number of benzene rings is 2. The Kier molecular flexibility index (Phi) is 3.25. The van der Waals surface area contributed by atoms with E-state index in [4.69, 9.17) is 5.73 Å². The van der Waals surface area contributed by atoms with Gasteiger partial charge in [0.25, 0.3) is 0 Å². The van der Waals surface area contributed by atoms with Gasteiger partial charge in [-0.05, 0) is 25.5 Å². The molecule has 88 valence electrons. The van der Waals surface area contributed by atoms with Gasteiger partial charge in [-0.3, -0.25) is 0 Å². The Balaban J connectivity index is 2.39. The standard InChI is InChI=1S/C15H16FN/c1-10-3-6-12(7-4-10)15(17)13-9-11(2)5-8-14(13)16/h3-9,15H,17H2,1-2H3. The Morgan fingerprint density at radius 1 is 0.941 bits per heavy atom. The van der Waals surface area contributed by atoms with Gasteiger partial charge in [-0.15, -0.1) is 0 Å². The molecule has 2 aromatic rings. The largest absolute Gasteiger partial charge is 0.320 e. The first-order chi connectivity index (χ1) is 8.08. The minimum atomic E-state index is -0.407. The fourth-order valence-corrected chi connectivity index (χ4v) is 1.85. The summed E-state index contributed by atoms with van der Waals surface area (Å²) in [4.78, 5) is 0. The van der Waals surface area contributed by atoms with Crippen molar-refractivity contribution in [1.82, 2.24) is 0 Å². The molecule has 0 aromatic heterocycles. The van der Waals surface area contributed by atoms with Crippen LogP contribution in [0.5, 0.6) is 0 Å². The Morgan fingerprint density at radius 2 is 1.53 bits per heavy atom. The maximum atomic E-state index is 13.7. The summed E-state index contributed by atoms with van der Waals surface area (Å²) in [6.07, 6.45) is 0. The summed E-state index contributed by atoms with van der Waals surface area (Å²) in [5.74, 6) is -0.247. The Labute approximate surface area is 101 Å². The fraction of sp³-hybridized carbons (Fsp3) is 0.200. The summed E-state index contributed by atoms with van der Waals surface area (Å²) in [6, 6.07) is 12.5. The van der Waals surface area contributed by atoms with Gasteiger partial charge in [-0.25, -0.2) is 4.39 Å². The zero-order valence-electron chi connectivity index (χ0n) is 10.1. The molecule has 0 heterocycles. The molecule has 2 heteroatoms. The third kappa shape index (κ3) is 2.53. The zero-order chi connectivity index (χ0) is 12.4. The van der Waals surface area contributed by atoms with Gasteiger partial charge >= 0.3 is 0 Å². The molecule has 1 unspecified atom stereocenters. The number of hydrogen-bond acceptors (Lipinski definition) is 1. The second-order valence-corrected chi connectivity index (χ2v) is 4.41. The molecule has 0 aliphatic heterocycles. The van der Waals surface area contributed by atoms with Crippen LogP contribution >= 0.6 is 0 Å². The molecular weight excluding hydrogens is 213 g/mol. The van der Waals surface area contributed by atoms with E-state index in [2.05, 4.69) is 0 Å². The lowest BCUT2D eigenvalue weighted by Gasteiger charge is -2.14. The monoisotopic (exact) mass is 229 g/mol. The summed E-state index contributed by atoms with van der Waals surface area (Å²) in [5, 5.41) is 0. The van der Waals surface area contributed by atoms with Crippen molar-refractivity contribution >= 4 is 0 Å². The van der Waals surface area contributed by atoms with Crippen molar-refractivity contribution in [2.75, 3.05) is 0 Å². The topological polar surface area (TPSA) is 26.0 Å². The van der Waals surface area contributed by atoms with Crippen LogP contribution in [0.3, 0.4) is 0 Å². The normalized spacial score (nSPS) is 12.5. The lowest BCUT2D eigenvalue weighted by Crippen LogP contribution is -2.13. The molecule has 2 aromatic carbocycles. The number of halogens is 1. The van der Waals surface area contributed by atoms with Crippen LogP contribution in [-0.2, 0) is 0 Å². The van der Waals surface area contributed by atoms with Crippen molar-refractivity contribution in [3.05, 3.63) is 70.5 Å². The second kappa shape index (κ2) is 4.68. The fourth-order valence-electron chi connectivity index (χ4n) is 1.85. The third-order valence-electron chi connectivity index (χ3n) is 2.92. The molecule has 0 bridgehead atoms. The van der Waals surface area contributed by atoms with Crippen molar-refractivity contribution in [2.24, 2.45) is 5.73 Å². The number of hydrogen-bond donors (Lipinski definition) is 1. The summed E-state index contributed by atoms with van der Waals surface area (Å²) < 4.78 is 13.7. The SMILES string of the molecule is Cc1ccc(C(N)c2cc(C)ccc2F)cc1. The molecule has 0 aliphatic rings. The molecule has 0 saturated heterocycles. The Hall–Kier alpha value is -1.67. The smallest absolute Gasteiger partial charge is 0.128 e. The lowest BCUT2D eigenvalue weighted by atomic mass is 9.97. The number of aryl methyl sites for hydroxylation is 2. The summed E-state index contributed by atoms with van der Waals surface area (Å²) in [7, 11) is 0. The molecule has 0 fully saturated rings. The molecule has 0 radical (unpaired) electrons. The summed E-state index contributed by atoms with van der Waals surface area (Å²) in [6.45, 7) is 3.95. The first kappa shape index (κ1) is 11.8. The highest BCUT2D eigenvalue weighted by molar-refractivity contribution is 5.35. The lowest BCUT2D eigenvalue weighted by molar-refractivity contribution is 0.599. The van der Waals surface area contributed by atoms with Crippen LogP contribution in [0.15, 0.2) is 42.5 Å². The van der Waals surface area contributed by atoms with Crippen LogP contribution in [0.4, 0.5) is 4.39 Å². The van der Waals surface area contributed by atoms with Gasteiger partial charge in [0.1, 0.15) is 5.82 Å². The average Bonchev–Trinajstić information content (AvgIpc) is 2.32. The van der Waals surface area contributed by atoms with E-state index >= 15 is 0 Å². The first-order valence-electron chi connectivity index (χ1n) is 5.66. The first-order valence-corrected chi connectivity index (χ1v) is 5.66. The molecular formula is C15H16FN. The predicted molar refractivity (Wildman–Crippen MR) is 68.3 cm³/mol. The van der Waals surface area contributed by atoms with Gasteiger partial charge in [-0.1, -0.05) is 47.5 Å². The highest BCUT2D eigenvalue weighted by atomic mass is 19.1. The maximum absolute atomic E-state index is 13.7. The Bertz CT molecular complexity index is 517. The van der Waals surface area contributed by atoms with E-state index in [-0.39, 0.29) is 5.82 Å². The van der Waals surface area contributed by atoms with Crippen molar-refractivity contribution in [3.8, 4) is 0 Å². The highest BCUT2D eigenvalue weighted by Gasteiger charge is 2.13. The van der Waals surface area contributed by atoms with Gasteiger partial charge in [0.15, 0.2) is 0 Å². The summed E-state index contributed by atoms with van der Waals surface area (Å²) in [5.41, 5.74) is 9.77. The summed E-state index contributed by atoms with van der Waals surface area (Å²) >= 11 is 0. The van der Waals surface area contributed by atoms with Crippen molar-refractivity contribution in [2.45, 2.75) is 19.9 Å². The molecule has 0 saturated carbocycles. The van der Waals surface area contributed by atoms with Crippen molar-refractivity contribution < 1.29 is 4.39 Å². The van der Waals surface area contributed by atoms with Gasteiger partial charge in [0, 0.05) is 5.56 Å². The zero-order valence-corrected chi connectivity index (χ0v) is 10.1. The number of nitrogens with two attached hydrogens (primary N) is 1. The van der Waals surface area contributed by atoms with Crippen molar-refractivity contribution in [3.63, 3.8) is 0 Å². The molecule has 2 rings (SSSR count). The van der Waals surface area contributed by atoms with Crippen LogP contribution in [0.25, 0.3) is 0 Å². The maximum Gasteiger partial charge on any atom is 0.128 e. The van der Waals surface area contributed by atoms with Gasteiger partial charge in [0.2, 0.25) is 0 Å². The molecule has 0 aliphatic carbocycles. The average molecular weight is 229 g/mol. The quantitative estimate of drug-likeness (QED) is 0.838. The van der Waals surface area contributed by atoms with E-state index in [1.807, 2.05) is 38.1 Å². The molecule has 0 spiro atoms. The minimum Gasteiger partial charge on any atom is -0.320 e. The van der Waals surface area contributed by atoms with Crippen molar-refractivity contribution in [1.29, 1.82) is 0 Å². The van der Waals surface area contributed by atoms with Crippen LogP contribution in [0.1, 0.15) is 28.3 Å². The highest BCUT2D eigenvalue weighted by Crippen LogP contribution is 2.23. The molecule has 17 heavy (non-hydrogen) atoms. The second-order valence-electron chi connectivity index (χ2n) is 4.41. The van der Waals surface area contributed by atoms with Crippen LogP contribution in [0.2, 0.25) is 0 Å². The Morgan fingerprint density at radius 3 is 2.18 bits per heavy atom. The van der Waals surface area contributed by atoms with Gasteiger partial charge in [0.05, 0.1) is 6.04 Å².